The monoisotopic (exact) mass is 272 g/mol. The van der Waals surface area contributed by atoms with E-state index in [-0.39, 0.29) is 0 Å². The Morgan fingerprint density at radius 1 is 1.12 bits per heavy atom. The predicted octanol–water partition coefficient (Wildman–Crippen LogP) is 2.93. The summed E-state index contributed by atoms with van der Waals surface area (Å²) in [6.07, 6.45) is 1.85. The van der Waals surface area contributed by atoms with Crippen molar-refractivity contribution in [3.63, 3.8) is 0 Å². The van der Waals surface area contributed by atoms with Gasteiger partial charge >= 0.3 is 97.5 Å². The van der Waals surface area contributed by atoms with Crippen LogP contribution in [-0.4, -0.2) is 24.5 Å². The SMILES string of the molecule is c1cnc2c(c1)[nH]c1c2ccc2cc[se]c21. The third kappa shape index (κ3) is 0.993. The van der Waals surface area contributed by atoms with Crippen LogP contribution >= 0.6 is 0 Å². The minimum atomic E-state index is 0.468. The maximum absolute atomic E-state index is 4.45. The van der Waals surface area contributed by atoms with Crippen molar-refractivity contribution in [3.8, 4) is 0 Å². The first kappa shape index (κ1) is 8.57. The molecular formula is C13H8N2Se. The number of pyridine rings is 1. The Morgan fingerprint density at radius 2 is 2.12 bits per heavy atom. The van der Waals surface area contributed by atoms with Crippen LogP contribution in [0.3, 0.4) is 0 Å². The molecule has 0 saturated heterocycles. The quantitative estimate of drug-likeness (QED) is 0.489. The van der Waals surface area contributed by atoms with Crippen LogP contribution in [0, 0.1) is 0 Å². The standard InChI is InChI=1S/C13H8N2Se/c1-2-10-11(14-6-1)9-4-3-8-5-7-16-13(8)12(9)15-10/h1-7,15H. The number of nitrogens with zero attached hydrogens (tertiary/aromatic N) is 1. The molecule has 0 aliphatic heterocycles. The molecule has 0 atom stereocenters. The van der Waals surface area contributed by atoms with E-state index in [9.17, 15) is 0 Å². The molecule has 0 aliphatic rings. The summed E-state index contributed by atoms with van der Waals surface area (Å²) in [4.78, 5) is 10.2. The van der Waals surface area contributed by atoms with Crippen LogP contribution < -0.4 is 0 Å². The van der Waals surface area contributed by atoms with Crippen molar-refractivity contribution in [2.45, 2.75) is 0 Å². The first-order valence-electron chi connectivity index (χ1n) is 5.16. The van der Waals surface area contributed by atoms with Gasteiger partial charge in [-0.05, 0) is 0 Å². The number of fused-ring (bicyclic) bond motifs is 5. The molecule has 0 bridgehead atoms. The number of aromatic amines is 1. The van der Waals surface area contributed by atoms with Gasteiger partial charge in [0.15, 0.2) is 0 Å². The Bertz CT molecular complexity index is 810. The summed E-state index contributed by atoms with van der Waals surface area (Å²) < 4.78 is 1.46. The molecule has 1 aromatic carbocycles. The summed E-state index contributed by atoms with van der Waals surface area (Å²) in [7, 11) is 0. The molecule has 0 aliphatic carbocycles. The van der Waals surface area contributed by atoms with Crippen LogP contribution in [0.25, 0.3) is 31.6 Å². The van der Waals surface area contributed by atoms with Crippen LogP contribution in [-0.2, 0) is 0 Å². The van der Waals surface area contributed by atoms with Crippen LogP contribution in [0.5, 0.6) is 0 Å². The summed E-state index contributed by atoms with van der Waals surface area (Å²) in [6.45, 7) is 0. The number of hydrogen-bond donors (Lipinski definition) is 1. The van der Waals surface area contributed by atoms with E-state index >= 15 is 0 Å². The summed E-state index contributed by atoms with van der Waals surface area (Å²) in [5.74, 6) is 0. The van der Waals surface area contributed by atoms with Crippen molar-refractivity contribution in [3.05, 3.63) is 41.5 Å². The van der Waals surface area contributed by atoms with Crippen LogP contribution in [0.15, 0.2) is 41.5 Å². The molecule has 76 valence electrons. The molecule has 3 heteroatoms. The van der Waals surface area contributed by atoms with Gasteiger partial charge in [0.2, 0.25) is 0 Å². The van der Waals surface area contributed by atoms with Gasteiger partial charge in [0.25, 0.3) is 0 Å². The van der Waals surface area contributed by atoms with Gasteiger partial charge in [0, 0.05) is 0 Å². The fraction of sp³-hybridized carbons (Fsp3) is 0. The fourth-order valence-electron chi connectivity index (χ4n) is 2.21. The van der Waals surface area contributed by atoms with Gasteiger partial charge in [-0.15, -0.1) is 0 Å². The molecule has 4 aromatic rings. The number of hydrogen-bond acceptors (Lipinski definition) is 1. The van der Waals surface area contributed by atoms with Crippen molar-refractivity contribution >= 4 is 46.1 Å². The van der Waals surface area contributed by atoms with E-state index in [4.69, 9.17) is 0 Å². The molecule has 0 spiro atoms. The van der Waals surface area contributed by atoms with Crippen molar-refractivity contribution in [1.82, 2.24) is 9.97 Å². The number of H-pyrrole nitrogens is 1. The zero-order valence-electron chi connectivity index (χ0n) is 8.40. The van der Waals surface area contributed by atoms with Gasteiger partial charge in [0.05, 0.1) is 0 Å². The third-order valence-corrected chi connectivity index (χ3v) is 4.93. The topological polar surface area (TPSA) is 28.7 Å². The number of benzene rings is 1. The van der Waals surface area contributed by atoms with Crippen LogP contribution in [0.2, 0.25) is 0 Å². The van der Waals surface area contributed by atoms with E-state index in [2.05, 4.69) is 39.2 Å². The van der Waals surface area contributed by atoms with E-state index in [0.717, 1.165) is 11.0 Å². The zero-order chi connectivity index (χ0) is 10.5. The normalized spacial score (nSPS) is 11.8. The van der Waals surface area contributed by atoms with E-state index in [1.165, 1.54) is 20.5 Å². The average molecular weight is 271 g/mol. The number of nitrogens with one attached hydrogen (secondary N) is 1. The molecule has 2 nitrogen and oxygen atoms in total. The molecule has 16 heavy (non-hydrogen) atoms. The predicted molar refractivity (Wildman–Crippen MR) is 68.0 cm³/mol. The number of aromatic nitrogens is 2. The molecule has 0 saturated carbocycles. The Labute approximate surface area is 97.7 Å². The van der Waals surface area contributed by atoms with Gasteiger partial charge in [-0.25, -0.2) is 0 Å². The second-order valence-corrected chi connectivity index (χ2v) is 5.77. The van der Waals surface area contributed by atoms with E-state index in [1.54, 1.807) is 0 Å². The summed E-state index contributed by atoms with van der Waals surface area (Å²) >= 11 is 0.468. The van der Waals surface area contributed by atoms with Crippen molar-refractivity contribution in [1.29, 1.82) is 0 Å². The summed E-state index contributed by atoms with van der Waals surface area (Å²) in [5, 5.41) is 2.61. The van der Waals surface area contributed by atoms with E-state index < -0.39 is 0 Å². The van der Waals surface area contributed by atoms with Crippen molar-refractivity contribution in [2.75, 3.05) is 0 Å². The molecule has 0 radical (unpaired) electrons. The van der Waals surface area contributed by atoms with Crippen molar-refractivity contribution in [2.24, 2.45) is 0 Å². The number of rotatable bonds is 0. The average Bonchev–Trinajstić information content (AvgIpc) is 2.92. The van der Waals surface area contributed by atoms with Gasteiger partial charge in [-0.1, -0.05) is 0 Å². The minimum absolute atomic E-state index is 0.468. The molecular weight excluding hydrogens is 263 g/mol. The summed E-state index contributed by atoms with van der Waals surface area (Å²) in [6, 6.07) is 10.6. The molecule has 3 heterocycles. The Hall–Kier alpha value is -1.57. The Morgan fingerprint density at radius 3 is 3.12 bits per heavy atom. The molecule has 3 aromatic heterocycles. The Balaban J connectivity index is 2.38. The summed E-state index contributed by atoms with van der Waals surface area (Å²) in [5.41, 5.74) is 3.49. The van der Waals surface area contributed by atoms with E-state index in [0.29, 0.717) is 14.5 Å². The van der Waals surface area contributed by atoms with Crippen LogP contribution in [0.1, 0.15) is 0 Å². The Kier molecular flexibility index (Phi) is 1.59. The maximum atomic E-state index is 4.45. The van der Waals surface area contributed by atoms with Gasteiger partial charge in [-0.2, -0.15) is 0 Å². The van der Waals surface area contributed by atoms with Crippen LogP contribution in [0.4, 0.5) is 0 Å². The van der Waals surface area contributed by atoms with Gasteiger partial charge in [-0.3, -0.25) is 0 Å². The van der Waals surface area contributed by atoms with E-state index in [1.807, 2.05) is 12.3 Å². The van der Waals surface area contributed by atoms with Gasteiger partial charge in [0.1, 0.15) is 0 Å². The zero-order valence-corrected chi connectivity index (χ0v) is 10.1. The first-order valence-corrected chi connectivity index (χ1v) is 7.01. The molecule has 0 unspecified atom stereocenters. The van der Waals surface area contributed by atoms with Crippen molar-refractivity contribution < 1.29 is 0 Å². The first-order chi connectivity index (χ1) is 7.93. The second kappa shape index (κ2) is 2.97. The molecule has 4 rings (SSSR count). The molecule has 0 amide bonds. The van der Waals surface area contributed by atoms with Gasteiger partial charge < -0.3 is 0 Å². The second-order valence-electron chi connectivity index (χ2n) is 3.85. The molecule has 1 N–H and O–H groups in total. The third-order valence-electron chi connectivity index (χ3n) is 2.94. The fourth-order valence-corrected chi connectivity index (χ4v) is 4.10. The molecule has 0 fully saturated rings.